The van der Waals surface area contributed by atoms with E-state index in [-0.39, 0.29) is 47.5 Å². The molecule has 1 N–H and O–H groups in total. The number of aromatic nitrogens is 2. The summed E-state index contributed by atoms with van der Waals surface area (Å²) in [6.07, 6.45) is 6.17. The van der Waals surface area contributed by atoms with Crippen LogP contribution in [-0.4, -0.2) is 82.4 Å². The van der Waals surface area contributed by atoms with Crippen molar-refractivity contribution in [1.82, 2.24) is 19.8 Å². The molecule has 2 aromatic heterocycles. The smallest absolute Gasteiger partial charge is 0.410 e. The summed E-state index contributed by atoms with van der Waals surface area (Å²) in [5.74, 6) is 0.858. The summed E-state index contributed by atoms with van der Waals surface area (Å²) < 4.78 is 35.7. The first-order valence-electron chi connectivity index (χ1n) is 16.1. The van der Waals surface area contributed by atoms with Crippen molar-refractivity contribution < 1.29 is 23.4 Å². The van der Waals surface area contributed by atoms with Gasteiger partial charge in [-0.05, 0) is 108 Å². The van der Waals surface area contributed by atoms with Gasteiger partial charge in [0.2, 0.25) is 5.88 Å². The largest absolute Gasteiger partial charge is 0.493 e. The standard InChI is InChI=1S/C34H41FIN5O4/c1-18(23-12-7-13-40(23)5)44-32-26(36)30(38-27-20-15-24(27)41(17-20)33(42)45-34(2,3)4)22-16-37-28(25(35)29(22)39-32)21-11-6-9-19-10-8-14-43-31(19)21/h6,9,11,16,18,20,23-24,27H,7-8,10,12-15,17H2,1-5H3,(H,38,39)/t18-,20+,23-,24+,27-/m0/s1. The van der Waals surface area contributed by atoms with Gasteiger partial charge in [-0.15, -0.1) is 0 Å². The minimum absolute atomic E-state index is 0.000142. The monoisotopic (exact) mass is 729 g/mol. The average molecular weight is 730 g/mol. The zero-order chi connectivity index (χ0) is 31.6. The molecule has 1 amide bonds. The van der Waals surface area contributed by atoms with Crippen molar-refractivity contribution in [2.45, 2.75) is 89.6 Å². The molecule has 1 aliphatic carbocycles. The molecule has 1 saturated carbocycles. The fourth-order valence-electron chi connectivity index (χ4n) is 7.44. The number of anilines is 1. The van der Waals surface area contributed by atoms with Gasteiger partial charge in [0.1, 0.15) is 28.7 Å². The molecular formula is C34H41FIN5O4. The van der Waals surface area contributed by atoms with E-state index >= 15 is 4.39 Å². The van der Waals surface area contributed by atoms with Crippen LogP contribution < -0.4 is 14.8 Å². The van der Waals surface area contributed by atoms with Gasteiger partial charge in [0.15, 0.2) is 5.82 Å². The Morgan fingerprint density at radius 2 is 2.09 bits per heavy atom. The first-order valence-corrected chi connectivity index (χ1v) is 17.1. The molecule has 4 aliphatic heterocycles. The number of para-hydroxylation sites is 1. The minimum Gasteiger partial charge on any atom is -0.493 e. The third-order valence-corrected chi connectivity index (χ3v) is 10.7. The number of rotatable bonds is 6. The number of halogens is 2. The first-order chi connectivity index (χ1) is 21.5. The van der Waals surface area contributed by atoms with Gasteiger partial charge in [0.05, 0.1) is 27.9 Å². The number of carbonyl (C=O) groups excluding carboxylic acids is 1. The van der Waals surface area contributed by atoms with Crippen LogP contribution in [0.5, 0.6) is 11.6 Å². The van der Waals surface area contributed by atoms with Crippen LogP contribution >= 0.6 is 22.6 Å². The highest BCUT2D eigenvalue weighted by Gasteiger charge is 2.55. The van der Waals surface area contributed by atoms with Gasteiger partial charge < -0.3 is 24.4 Å². The van der Waals surface area contributed by atoms with Gasteiger partial charge in [-0.1, -0.05) is 12.1 Å². The van der Waals surface area contributed by atoms with E-state index in [2.05, 4.69) is 51.8 Å². The van der Waals surface area contributed by atoms with Crippen LogP contribution in [0.15, 0.2) is 24.4 Å². The third kappa shape index (κ3) is 5.57. The number of amides is 1. The Morgan fingerprint density at radius 1 is 1.27 bits per heavy atom. The maximum Gasteiger partial charge on any atom is 0.410 e. The second kappa shape index (κ2) is 11.7. The molecule has 5 aliphatic rings. The Morgan fingerprint density at radius 3 is 2.84 bits per heavy atom. The van der Waals surface area contributed by atoms with Gasteiger partial charge in [-0.3, -0.25) is 9.88 Å². The number of nitrogens with zero attached hydrogens (tertiary/aromatic N) is 4. The fraction of sp³-hybridized carbons (Fsp3) is 0.559. The summed E-state index contributed by atoms with van der Waals surface area (Å²) in [5.41, 5.74) is 2.28. The van der Waals surface area contributed by atoms with E-state index in [9.17, 15) is 4.79 Å². The van der Waals surface area contributed by atoms with E-state index in [1.54, 1.807) is 6.20 Å². The second-order valence-electron chi connectivity index (χ2n) is 13.9. The van der Waals surface area contributed by atoms with E-state index in [1.807, 2.05) is 43.9 Å². The van der Waals surface area contributed by atoms with E-state index < -0.39 is 11.4 Å². The Labute approximate surface area is 277 Å². The van der Waals surface area contributed by atoms with Crippen molar-refractivity contribution in [2.75, 3.05) is 32.1 Å². The zero-order valence-electron chi connectivity index (χ0n) is 26.5. The van der Waals surface area contributed by atoms with E-state index in [1.165, 1.54) is 0 Å². The average Bonchev–Trinajstić information content (AvgIpc) is 3.72. The molecule has 3 saturated heterocycles. The van der Waals surface area contributed by atoms with E-state index in [4.69, 9.17) is 19.2 Å². The van der Waals surface area contributed by atoms with Crippen molar-refractivity contribution in [1.29, 1.82) is 0 Å². The zero-order valence-corrected chi connectivity index (χ0v) is 28.7. The van der Waals surface area contributed by atoms with Crippen molar-refractivity contribution in [3.05, 3.63) is 39.3 Å². The molecule has 11 heteroatoms. The van der Waals surface area contributed by atoms with Gasteiger partial charge >= 0.3 is 6.09 Å². The minimum atomic E-state index is -0.566. The summed E-state index contributed by atoms with van der Waals surface area (Å²) in [4.78, 5) is 26.6. The molecule has 2 bridgehead atoms. The third-order valence-electron chi connectivity index (χ3n) is 9.73. The summed E-state index contributed by atoms with van der Waals surface area (Å²) >= 11 is 2.26. The molecule has 1 aromatic carbocycles. The Hall–Kier alpha value is -2.93. The van der Waals surface area contributed by atoms with Gasteiger partial charge in [0.25, 0.3) is 0 Å². The number of likely N-dealkylation sites (N-methyl/N-ethyl adjacent to an activating group) is 1. The van der Waals surface area contributed by atoms with Crippen LogP contribution in [0.1, 0.15) is 58.9 Å². The molecule has 240 valence electrons. The molecule has 45 heavy (non-hydrogen) atoms. The molecule has 0 unspecified atom stereocenters. The summed E-state index contributed by atoms with van der Waals surface area (Å²) in [5, 5.41) is 4.29. The van der Waals surface area contributed by atoms with Crippen LogP contribution in [0, 0.1) is 15.3 Å². The maximum atomic E-state index is 16.7. The molecule has 0 spiro atoms. The van der Waals surface area contributed by atoms with E-state index in [0.29, 0.717) is 35.7 Å². The molecule has 3 aromatic rings. The SMILES string of the molecule is C[C@H](Oc1nc2c(F)c(-c3cccc4c3OCCC4)ncc2c(N[C@H]2[C@@H]3C[C@H]2N(C(=O)OC(C)(C)C)C3)c1I)[C@@H]1CCCN1C. The number of pyridine rings is 2. The number of hydrogen-bond donors (Lipinski definition) is 1. The highest BCUT2D eigenvalue weighted by Crippen LogP contribution is 2.46. The summed E-state index contributed by atoms with van der Waals surface area (Å²) in [6, 6.07) is 6.06. The van der Waals surface area contributed by atoms with Crippen LogP contribution in [-0.2, 0) is 11.2 Å². The molecule has 5 atom stereocenters. The molecule has 8 rings (SSSR count). The predicted octanol–water partition coefficient (Wildman–Crippen LogP) is 6.65. The molecular weight excluding hydrogens is 688 g/mol. The highest BCUT2D eigenvalue weighted by molar-refractivity contribution is 14.1. The quantitative estimate of drug-likeness (QED) is 0.283. The molecule has 9 nitrogen and oxygen atoms in total. The Bertz CT molecular complexity index is 1650. The van der Waals surface area contributed by atoms with Gasteiger partial charge in [-0.25, -0.2) is 14.2 Å². The van der Waals surface area contributed by atoms with Crippen LogP contribution in [0.2, 0.25) is 0 Å². The van der Waals surface area contributed by atoms with Gasteiger partial charge in [-0.2, -0.15) is 0 Å². The number of aryl methyl sites for hydroxylation is 1. The topological polar surface area (TPSA) is 89.1 Å². The fourth-order valence-corrected chi connectivity index (χ4v) is 8.14. The number of ether oxygens (including phenoxy) is 3. The van der Waals surface area contributed by atoms with E-state index in [0.717, 1.165) is 53.5 Å². The lowest BCUT2D eigenvalue weighted by Gasteiger charge is -2.38. The van der Waals surface area contributed by atoms with Crippen molar-refractivity contribution in [3.8, 4) is 22.9 Å². The number of hydrogen-bond acceptors (Lipinski definition) is 8. The lowest BCUT2D eigenvalue weighted by atomic mass is 9.80. The second-order valence-corrected chi connectivity index (χ2v) is 15.0. The number of nitrogens with one attached hydrogen (secondary N) is 1. The summed E-state index contributed by atoms with van der Waals surface area (Å²) in [6.45, 7) is 9.96. The van der Waals surface area contributed by atoms with Crippen LogP contribution in [0.3, 0.4) is 0 Å². The Balaban J connectivity index is 1.28. The van der Waals surface area contributed by atoms with Crippen molar-refractivity contribution in [2.24, 2.45) is 5.92 Å². The molecule has 4 fully saturated rings. The summed E-state index contributed by atoms with van der Waals surface area (Å²) in [7, 11) is 2.12. The van der Waals surface area contributed by atoms with Crippen LogP contribution in [0.25, 0.3) is 22.2 Å². The highest BCUT2D eigenvalue weighted by atomic mass is 127. The lowest BCUT2D eigenvalue weighted by molar-refractivity contribution is 0.0239. The normalized spacial score (nSPS) is 25.0. The van der Waals surface area contributed by atoms with Crippen molar-refractivity contribution in [3.63, 3.8) is 0 Å². The number of fused-ring (bicyclic) bond motifs is 3. The molecule has 0 radical (unpaired) electrons. The lowest BCUT2D eigenvalue weighted by Crippen LogP contribution is -2.50. The van der Waals surface area contributed by atoms with Crippen molar-refractivity contribution >= 4 is 45.3 Å². The maximum absolute atomic E-state index is 16.7. The predicted molar refractivity (Wildman–Crippen MR) is 179 cm³/mol. The molecule has 6 heterocycles. The number of benzene rings is 1. The van der Waals surface area contributed by atoms with Crippen LogP contribution in [0.4, 0.5) is 14.9 Å². The first kappa shape index (κ1) is 30.7. The Kier molecular flexibility index (Phi) is 7.99. The number of carbonyl (C=O) groups is 1. The number of likely N-dealkylation sites (tertiary alicyclic amines) is 1. The van der Waals surface area contributed by atoms with Gasteiger partial charge in [0, 0.05) is 35.7 Å².